The Kier molecular flexibility index (Phi) is 6.19. The number of ether oxygens (including phenoxy) is 1. The van der Waals surface area contributed by atoms with Crippen LogP contribution in [0, 0.1) is 0 Å². The number of thioether (sulfide) groups is 1. The number of carbonyl (C=O) groups excluding carboxylic acids is 1. The predicted octanol–water partition coefficient (Wildman–Crippen LogP) is 2.35. The van der Waals surface area contributed by atoms with Crippen molar-refractivity contribution < 1.29 is 14.6 Å². The molecule has 1 amide bonds. The molecule has 1 aliphatic rings. The number of aliphatic hydroxyl groups is 1. The third-order valence-corrected chi connectivity index (χ3v) is 5.63. The molecule has 1 saturated heterocycles. The summed E-state index contributed by atoms with van der Waals surface area (Å²) in [6, 6.07) is 15.3. The molecule has 0 bridgehead atoms. The topological polar surface area (TPSA) is 75.8 Å². The van der Waals surface area contributed by atoms with E-state index < -0.39 is 0 Å². The first-order valence-corrected chi connectivity index (χ1v) is 9.63. The summed E-state index contributed by atoms with van der Waals surface area (Å²) in [6.45, 7) is 1.29. The van der Waals surface area contributed by atoms with E-state index in [1.165, 1.54) is 0 Å². The zero-order chi connectivity index (χ0) is 18.5. The minimum Gasteiger partial charge on any atom is -0.497 e. The average Bonchev–Trinajstić information content (AvgIpc) is 3.08. The number of aliphatic hydroxyl groups excluding tert-OH is 1. The van der Waals surface area contributed by atoms with E-state index in [4.69, 9.17) is 15.6 Å². The number of hydrogen-bond acceptors (Lipinski definition) is 5. The lowest BCUT2D eigenvalue weighted by Crippen LogP contribution is -2.32. The zero-order valence-electron chi connectivity index (χ0n) is 14.8. The molecule has 6 heteroatoms. The van der Waals surface area contributed by atoms with Gasteiger partial charge in [-0.1, -0.05) is 12.1 Å². The van der Waals surface area contributed by atoms with Crippen molar-refractivity contribution in [2.24, 2.45) is 5.73 Å². The molecule has 3 N–H and O–H groups in total. The molecule has 2 unspecified atom stereocenters. The van der Waals surface area contributed by atoms with E-state index >= 15 is 0 Å². The summed E-state index contributed by atoms with van der Waals surface area (Å²) in [5.74, 6) is 1.56. The monoisotopic (exact) mass is 372 g/mol. The van der Waals surface area contributed by atoms with Crippen LogP contribution >= 0.6 is 11.8 Å². The van der Waals surface area contributed by atoms with Gasteiger partial charge in [0, 0.05) is 41.3 Å². The summed E-state index contributed by atoms with van der Waals surface area (Å²) in [5, 5.41) is 8.89. The maximum Gasteiger partial charge on any atom is 0.253 e. The van der Waals surface area contributed by atoms with Crippen LogP contribution < -0.4 is 10.5 Å². The second-order valence-corrected chi connectivity index (χ2v) is 7.52. The van der Waals surface area contributed by atoms with Crippen molar-refractivity contribution in [2.45, 2.75) is 16.9 Å². The highest BCUT2D eigenvalue weighted by Gasteiger charge is 2.34. The van der Waals surface area contributed by atoms with Gasteiger partial charge in [0.05, 0.1) is 13.7 Å². The van der Waals surface area contributed by atoms with E-state index in [-0.39, 0.29) is 24.5 Å². The van der Waals surface area contributed by atoms with Crippen LogP contribution in [-0.4, -0.2) is 54.5 Å². The van der Waals surface area contributed by atoms with Gasteiger partial charge in [0.15, 0.2) is 0 Å². The van der Waals surface area contributed by atoms with Gasteiger partial charge in [-0.25, -0.2) is 0 Å². The van der Waals surface area contributed by atoms with Crippen molar-refractivity contribution in [3.63, 3.8) is 0 Å². The summed E-state index contributed by atoms with van der Waals surface area (Å²) < 4.78 is 5.29. The van der Waals surface area contributed by atoms with Crippen molar-refractivity contribution in [1.82, 2.24) is 4.90 Å². The Morgan fingerprint density at radius 2 is 2.04 bits per heavy atom. The molecule has 0 aromatic heterocycles. The van der Waals surface area contributed by atoms with Gasteiger partial charge in [0.1, 0.15) is 5.75 Å². The molecule has 0 aliphatic carbocycles. The van der Waals surface area contributed by atoms with Gasteiger partial charge in [-0.15, -0.1) is 11.8 Å². The van der Waals surface area contributed by atoms with Gasteiger partial charge in [0.2, 0.25) is 0 Å². The van der Waals surface area contributed by atoms with Crippen LogP contribution in [0.15, 0.2) is 53.4 Å². The molecule has 2 atom stereocenters. The van der Waals surface area contributed by atoms with E-state index in [9.17, 15) is 4.79 Å². The number of nitrogens with zero attached hydrogens (tertiary/aromatic N) is 1. The highest BCUT2D eigenvalue weighted by molar-refractivity contribution is 7.99. The second-order valence-electron chi connectivity index (χ2n) is 6.35. The first-order chi connectivity index (χ1) is 12.6. The lowest BCUT2D eigenvalue weighted by atomic mass is 9.95. The zero-order valence-corrected chi connectivity index (χ0v) is 15.6. The Bertz CT molecular complexity index is 751. The number of amides is 1. The number of likely N-dealkylation sites (tertiary alicyclic amines) is 1. The molecule has 26 heavy (non-hydrogen) atoms. The Morgan fingerprint density at radius 1 is 1.27 bits per heavy atom. The van der Waals surface area contributed by atoms with Crippen molar-refractivity contribution in [3.05, 3.63) is 59.7 Å². The minimum absolute atomic E-state index is 0.00422. The summed E-state index contributed by atoms with van der Waals surface area (Å²) in [6.07, 6.45) is 0. The van der Waals surface area contributed by atoms with Crippen molar-refractivity contribution >= 4 is 17.7 Å². The lowest BCUT2D eigenvalue weighted by molar-refractivity contribution is 0.0789. The van der Waals surface area contributed by atoms with E-state index in [0.717, 1.165) is 16.2 Å². The minimum atomic E-state index is -0.0922. The van der Waals surface area contributed by atoms with Crippen LogP contribution in [0.25, 0.3) is 0 Å². The smallest absolute Gasteiger partial charge is 0.253 e. The highest BCUT2D eigenvalue weighted by Crippen LogP contribution is 2.30. The number of methoxy groups -OCH3 is 1. The molecule has 1 heterocycles. The predicted molar refractivity (Wildman–Crippen MR) is 104 cm³/mol. The highest BCUT2D eigenvalue weighted by atomic mass is 32.2. The molecule has 0 spiro atoms. The van der Waals surface area contributed by atoms with Crippen LogP contribution in [-0.2, 0) is 0 Å². The maximum absolute atomic E-state index is 12.8. The SMILES string of the molecule is COc1cccc(C2CN(C(=O)c3ccc(SCCO)cc3)CC2N)c1. The summed E-state index contributed by atoms with van der Waals surface area (Å²) in [5.41, 5.74) is 8.09. The normalized spacial score (nSPS) is 19.6. The van der Waals surface area contributed by atoms with Crippen molar-refractivity contribution in [3.8, 4) is 5.75 Å². The van der Waals surface area contributed by atoms with E-state index in [0.29, 0.717) is 24.4 Å². The number of nitrogens with two attached hydrogens (primary N) is 1. The fourth-order valence-corrected chi connectivity index (χ4v) is 3.91. The quantitative estimate of drug-likeness (QED) is 0.762. The Balaban J connectivity index is 1.69. The van der Waals surface area contributed by atoms with Gasteiger partial charge in [-0.2, -0.15) is 0 Å². The molecule has 0 radical (unpaired) electrons. The van der Waals surface area contributed by atoms with E-state index in [1.807, 2.05) is 53.4 Å². The number of carbonyl (C=O) groups is 1. The number of rotatable bonds is 6. The van der Waals surface area contributed by atoms with Crippen LogP contribution in [0.2, 0.25) is 0 Å². The van der Waals surface area contributed by atoms with Crippen LogP contribution in [0.3, 0.4) is 0 Å². The molecule has 2 aromatic carbocycles. The number of benzene rings is 2. The Labute approximate surface area is 158 Å². The fraction of sp³-hybridized carbons (Fsp3) is 0.350. The third kappa shape index (κ3) is 4.20. The fourth-order valence-electron chi connectivity index (χ4n) is 3.26. The molecule has 1 fully saturated rings. The largest absolute Gasteiger partial charge is 0.497 e. The van der Waals surface area contributed by atoms with Crippen molar-refractivity contribution in [2.75, 3.05) is 32.6 Å². The van der Waals surface area contributed by atoms with Crippen LogP contribution in [0.4, 0.5) is 0 Å². The van der Waals surface area contributed by atoms with Gasteiger partial charge < -0.3 is 20.5 Å². The molecule has 3 rings (SSSR count). The van der Waals surface area contributed by atoms with E-state index in [1.54, 1.807) is 18.9 Å². The second kappa shape index (κ2) is 8.58. The molecular weight excluding hydrogens is 348 g/mol. The molecule has 5 nitrogen and oxygen atoms in total. The van der Waals surface area contributed by atoms with Gasteiger partial charge in [0.25, 0.3) is 5.91 Å². The first kappa shape index (κ1) is 18.8. The first-order valence-electron chi connectivity index (χ1n) is 8.65. The van der Waals surface area contributed by atoms with Gasteiger partial charge >= 0.3 is 0 Å². The van der Waals surface area contributed by atoms with Gasteiger partial charge in [-0.05, 0) is 42.0 Å². The Hall–Kier alpha value is -2.02. The maximum atomic E-state index is 12.8. The molecule has 1 aliphatic heterocycles. The lowest BCUT2D eigenvalue weighted by Gasteiger charge is -2.17. The standard InChI is InChI=1S/C20H24N2O3S/c1-25-16-4-2-3-15(11-16)18-12-22(13-19(18)21)20(24)14-5-7-17(8-6-14)26-10-9-23/h2-8,11,18-19,23H,9-10,12-13,21H2,1H3. The van der Waals surface area contributed by atoms with E-state index in [2.05, 4.69) is 0 Å². The third-order valence-electron chi connectivity index (χ3n) is 4.64. The van der Waals surface area contributed by atoms with Gasteiger partial charge in [-0.3, -0.25) is 4.79 Å². The molecule has 138 valence electrons. The summed E-state index contributed by atoms with van der Waals surface area (Å²) in [7, 11) is 1.64. The van der Waals surface area contributed by atoms with Crippen LogP contribution in [0.1, 0.15) is 21.8 Å². The number of hydrogen-bond donors (Lipinski definition) is 2. The molecular formula is C20H24N2O3S. The van der Waals surface area contributed by atoms with Crippen molar-refractivity contribution in [1.29, 1.82) is 0 Å². The van der Waals surface area contributed by atoms with Crippen LogP contribution in [0.5, 0.6) is 5.75 Å². The molecule has 2 aromatic rings. The summed E-state index contributed by atoms with van der Waals surface area (Å²) in [4.78, 5) is 15.7. The average molecular weight is 372 g/mol. The summed E-state index contributed by atoms with van der Waals surface area (Å²) >= 11 is 1.57. The molecule has 0 saturated carbocycles. The Morgan fingerprint density at radius 3 is 2.73 bits per heavy atom.